The summed E-state index contributed by atoms with van der Waals surface area (Å²) in [5.74, 6) is -0.782. The highest BCUT2D eigenvalue weighted by molar-refractivity contribution is 9.10. The Morgan fingerprint density at radius 3 is 2.66 bits per heavy atom. The number of benzene rings is 1. The van der Waals surface area contributed by atoms with Gasteiger partial charge in [-0.25, -0.2) is 9.37 Å². The number of hydrogen-bond donors (Lipinski definition) is 1. The number of nitrogens with one attached hydrogen (secondary N) is 1. The van der Waals surface area contributed by atoms with E-state index < -0.39 is 24.0 Å². The van der Waals surface area contributed by atoms with Crippen molar-refractivity contribution in [2.75, 3.05) is 11.9 Å². The molecule has 1 unspecified atom stereocenters. The lowest BCUT2D eigenvalue weighted by Gasteiger charge is -2.24. The highest BCUT2D eigenvalue weighted by atomic mass is 79.9. The topological polar surface area (TPSA) is 110 Å². The van der Waals surface area contributed by atoms with E-state index in [0.717, 1.165) is 11.3 Å². The lowest BCUT2D eigenvalue weighted by atomic mass is 10.1. The Labute approximate surface area is 226 Å². The van der Waals surface area contributed by atoms with Crippen molar-refractivity contribution in [3.8, 4) is 11.3 Å². The Hall–Kier alpha value is -3.99. The third kappa shape index (κ3) is 5.19. The molecule has 1 aliphatic heterocycles. The fourth-order valence-electron chi connectivity index (χ4n) is 4.65. The van der Waals surface area contributed by atoms with Crippen LogP contribution in [-0.2, 0) is 16.1 Å². The van der Waals surface area contributed by atoms with E-state index in [1.54, 1.807) is 29.0 Å². The van der Waals surface area contributed by atoms with E-state index >= 15 is 0 Å². The molecule has 5 rings (SSSR count). The van der Waals surface area contributed by atoms with Crippen LogP contribution < -0.4 is 5.32 Å². The summed E-state index contributed by atoms with van der Waals surface area (Å²) in [7, 11) is 0. The van der Waals surface area contributed by atoms with E-state index in [0.29, 0.717) is 32.6 Å². The quantitative estimate of drug-likeness (QED) is 0.269. The van der Waals surface area contributed by atoms with Crippen LogP contribution >= 0.6 is 15.9 Å². The van der Waals surface area contributed by atoms with Crippen LogP contribution in [0.4, 0.5) is 10.2 Å². The van der Waals surface area contributed by atoms with E-state index in [2.05, 4.69) is 36.4 Å². The van der Waals surface area contributed by atoms with Crippen molar-refractivity contribution in [2.45, 2.75) is 39.0 Å². The Morgan fingerprint density at radius 2 is 1.95 bits per heavy atom. The number of nitrogens with zero attached hydrogens (tertiary/aromatic N) is 5. The zero-order chi connectivity index (χ0) is 27.0. The number of ketones is 1. The van der Waals surface area contributed by atoms with Gasteiger partial charge in [-0.05, 0) is 66.2 Å². The number of alkyl halides is 1. The predicted molar refractivity (Wildman–Crippen MR) is 143 cm³/mol. The van der Waals surface area contributed by atoms with Gasteiger partial charge in [-0.2, -0.15) is 10.2 Å². The van der Waals surface area contributed by atoms with Gasteiger partial charge in [-0.1, -0.05) is 12.1 Å². The molecule has 0 spiro atoms. The minimum atomic E-state index is -1.32. The number of hydrogen-bond acceptors (Lipinski definition) is 6. The van der Waals surface area contributed by atoms with Crippen LogP contribution in [0.5, 0.6) is 0 Å². The molecule has 3 aromatic heterocycles. The lowest BCUT2D eigenvalue weighted by molar-refractivity contribution is -0.137. The van der Waals surface area contributed by atoms with Crippen LogP contribution in [0.15, 0.2) is 59.3 Å². The number of rotatable bonds is 6. The molecule has 11 heteroatoms. The molecule has 1 aliphatic rings. The Morgan fingerprint density at radius 1 is 1.13 bits per heavy atom. The van der Waals surface area contributed by atoms with E-state index in [4.69, 9.17) is 0 Å². The van der Waals surface area contributed by atoms with Crippen molar-refractivity contribution in [2.24, 2.45) is 0 Å². The maximum Gasteiger partial charge on any atom is 0.248 e. The zero-order valence-electron chi connectivity index (χ0n) is 20.7. The van der Waals surface area contributed by atoms with Gasteiger partial charge in [0.05, 0.1) is 17.9 Å². The minimum absolute atomic E-state index is 0.0996. The van der Waals surface area contributed by atoms with Crippen molar-refractivity contribution < 1.29 is 18.8 Å². The third-order valence-corrected chi connectivity index (χ3v) is 6.94. The Balaban J connectivity index is 1.41. The zero-order valence-corrected chi connectivity index (χ0v) is 22.3. The number of likely N-dealkylation sites (tertiary alicyclic amines) is 1. The monoisotopic (exact) mass is 578 g/mol. The molecule has 1 fully saturated rings. The molecule has 1 saturated heterocycles. The number of aromatic nitrogens is 4. The fraction of sp³-hybridized carbons (Fsp3) is 0.259. The number of aryl methyl sites for hydroxylation is 1. The van der Waals surface area contributed by atoms with Crippen LogP contribution in [0.25, 0.3) is 22.2 Å². The maximum absolute atomic E-state index is 14.4. The first-order valence-electron chi connectivity index (χ1n) is 12.0. The maximum atomic E-state index is 14.4. The van der Waals surface area contributed by atoms with Crippen molar-refractivity contribution in [1.82, 2.24) is 24.6 Å². The van der Waals surface area contributed by atoms with Crippen molar-refractivity contribution in [3.05, 3.63) is 70.6 Å². The van der Waals surface area contributed by atoms with Crippen LogP contribution in [-0.4, -0.2) is 61.0 Å². The van der Waals surface area contributed by atoms with Gasteiger partial charge in [0.15, 0.2) is 5.78 Å². The smallest absolute Gasteiger partial charge is 0.248 e. The molecule has 1 aromatic carbocycles. The largest absolute Gasteiger partial charge is 0.337 e. The summed E-state index contributed by atoms with van der Waals surface area (Å²) in [6, 6.07) is 13.3. The molecule has 0 aliphatic carbocycles. The molecule has 9 nitrogen and oxygen atoms in total. The van der Waals surface area contributed by atoms with Gasteiger partial charge in [0.1, 0.15) is 29.2 Å². The van der Waals surface area contributed by atoms with E-state index in [1.807, 2.05) is 37.3 Å². The highest BCUT2D eigenvalue weighted by Crippen LogP contribution is 2.29. The van der Waals surface area contributed by atoms with Crippen LogP contribution in [0.3, 0.4) is 0 Å². The fourth-order valence-corrected chi connectivity index (χ4v) is 5.00. The minimum Gasteiger partial charge on any atom is -0.337 e. The van der Waals surface area contributed by atoms with Gasteiger partial charge < -0.3 is 14.8 Å². The van der Waals surface area contributed by atoms with E-state index in [9.17, 15) is 18.8 Å². The number of pyridine rings is 1. The second-order valence-electron chi connectivity index (χ2n) is 9.25. The molecule has 2 atom stereocenters. The van der Waals surface area contributed by atoms with Gasteiger partial charge in [0.25, 0.3) is 0 Å². The first kappa shape index (κ1) is 25.7. The standard InChI is InChI=1S/C27H24BrFN6O3/c1-15-6-8-21(33-32-15)17-7-9-22-19(10-17)20(16(2)36)13-34(22)14-26(37)35-12-18(29)11-23(35)27(38)31-25-5-3-4-24(28)30-25/h3-10,13,18,23H,11-12,14H2,1-2H3,(H,30,31,38)/t18-,23?/m1/s1. The second kappa shape index (κ2) is 10.4. The summed E-state index contributed by atoms with van der Waals surface area (Å²) >= 11 is 3.25. The molecule has 0 radical (unpaired) electrons. The summed E-state index contributed by atoms with van der Waals surface area (Å²) in [6.45, 7) is 2.98. The molecule has 0 saturated carbocycles. The van der Waals surface area contributed by atoms with Gasteiger partial charge in [0, 0.05) is 34.6 Å². The molecule has 194 valence electrons. The number of halogens is 2. The summed E-state index contributed by atoms with van der Waals surface area (Å²) in [4.78, 5) is 44.2. The number of fused-ring (bicyclic) bond motifs is 1. The molecule has 4 heterocycles. The molecular weight excluding hydrogens is 555 g/mol. The number of carbonyl (C=O) groups excluding carboxylic acids is 3. The molecule has 4 aromatic rings. The average molecular weight is 579 g/mol. The Bertz CT molecular complexity index is 1550. The van der Waals surface area contributed by atoms with Crippen molar-refractivity contribution in [1.29, 1.82) is 0 Å². The normalized spacial score (nSPS) is 17.1. The molecule has 2 amide bonds. The van der Waals surface area contributed by atoms with E-state index in [1.165, 1.54) is 11.8 Å². The van der Waals surface area contributed by atoms with Crippen molar-refractivity contribution >= 4 is 50.2 Å². The molecule has 1 N–H and O–H groups in total. The van der Waals surface area contributed by atoms with Gasteiger partial charge >= 0.3 is 0 Å². The van der Waals surface area contributed by atoms with Crippen molar-refractivity contribution in [3.63, 3.8) is 0 Å². The number of anilines is 1. The summed E-state index contributed by atoms with van der Waals surface area (Å²) in [5, 5.41) is 11.7. The summed E-state index contributed by atoms with van der Waals surface area (Å²) < 4.78 is 16.6. The van der Waals surface area contributed by atoms with Gasteiger partial charge in [-0.15, -0.1) is 0 Å². The summed E-state index contributed by atoms with van der Waals surface area (Å²) in [5.41, 5.74) is 3.36. The Kier molecular flexibility index (Phi) is 7.02. The summed E-state index contributed by atoms with van der Waals surface area (Å²) in [6.07, 6.45) is 0.203. The first-order chi connectivity index (χ1) is 18.2. The molecule has 0 bridgehead atoms. The molecule has 38 heavy (non-hydrogen) atoms. The second-order valence-corrected chi connectivity index (χ2v) is 10.1. The average Bonchev–Trinajstić information content (AvgIpc) is 3.45. The molecular formula is C27H24BrFN6O3. The van der Waals surface area contributed by atoms with Gasteiger partial charge in [0.2, 0.25) is 11.8 Å². The third-order valence-electron chi connectivity index (χ3n) is 6.50. The first-order valence-corrected chi connectivity index (χ1v) is 12.8. The van der Waals surface area contributed by atoms with Crippen LogP contribution in [0.2, 0.25) is 0 Å². The number of Topliss-reactive ketones (excluding diaryl/α,β-unsaturated/α-hetero) is 1. The highest BCUT2D eigenvalue weighted by Gasteiger charge is 2.40. The van der Waals surface area contributed by atoms with Gasteiger partial charge in [-0.3, -0.25) is 14.4 Å². The lowest BCUT2D eigenvalue weighted by Crippen LogP contribution is -2.44. The number of carbonyl (C=O) groups is 3. The van der Waals surface area contributed by atoms with Crippen LogP contribution in [0, 0.1) is 6.92 Å². The SMILES string of the molecule is CC(=O)c1cn(CC(=O)N2C[C@H](F)CC2C(=O)Nc2cccc(Br)n2)c2ccc(-c3ccc(C)nn3)cc12. The van der Waals surface area contributed by atoms with Crippen LogP contribution in [0.1, 0.15) is 29.4 Å². The predicted octanol–water partition coefficient (Wildman–Crippen LogP) is 4.34. The number of amides is 2. The van der Waals surface area contributed by atoms with E-state index in [-0.39, 0.29) is 25.3 Å².